The molecule has 24 heavy (non-hydrogen) atoms. The van der Waals surface area contributed by atoms with Gasteiger partial charge in [-0.3, -0.25) is 4.79 Å². The molecule has 1 spiro atoms. The number of hydrogen-bond donors (Lipinski definition) is 1. The zero-order valence-corrected chi connectivity index (χ0v) is 13.7. The van der Waals surface area contributed by atoms with Gasteiger partial charge in [-0.2, -0.15) is 5.26 Å². The molecule has 0 atom stereocenters. The van der Waals surface area contributed by atoms with Gasteiger partial charge in [0.25, 0.3) is 0 Å². The third-order valence-electron chi connectivity index (χ3n) is 5.18. The van der Waals surface area contributed by atoms with Gasteiger partial charge in [-0.05, 0) is 25.3 Å². The van der Waals surface area contributed by atoms with E-state index in [4.69, 9.17) is 5.26 Å². The number of amides is 1. The molecular weight excluding hydrogens is 304 g/mol. The SMILES string of the molecule is Cc1c[nH]c2ncnc(N3CCN(C(=O)CCC#N)C4(CC4)C3)c12. The first-order chi connectivity index (χ1) is 11.6. The summed E-state index contributed by atoms with van der Waals surface area (Å²) in [5, 5.41) is 9.78. The van der Waals surface area contributed by atoms with Crippen molar-refractivity contribution in [2.45, 2.75) is 38.1 Å². The van der Waals surface area contributed by atoms with E-state index < -0.39 is 0 Å². The zero-order valence-electron chi connectivity index (χ0n) is 13.7. The molecule has 1 amide bonds. The fraction of sp³-hybridized carbons (Fsp3) is 0.529. The first kappa shape index (κ1) is 14.9. The number of nitrogens with one attached hydrogen (secondary N) is 1. The molecular formula is C17H20N6O. The van der Waals surface area contributed by atoms with Crippen LogP contribution in [0.1, 0.15) is 31.2 Å². The van der Waals surface area contributed by atoms with Crippen LogP contribution in [0.2, 0.25) is 0 Å². The lowest BCUT2D eigenvalue weighted by atomic mass is 10.1. The Morgan fingerprint density at radius 2 is 2.25 bits per heavy atom. The molecule has 1 saturated carbocycles. The van der Waals surface area contributed by atoms with Crippen LogP contribution in [0.15, 0.2) is 12.5 Å². The molecule has 124 valence electrons. The Morgan fingerprint density at radius 3 is 3.00 bits per heavy atom. The first-order valence-corrected chi connectivity index (χ1v) is 8.36. The fourth-order valence-corrected chi connectivity index (χ4v) is 3.76. The maximum absolute atomic E-state index is 12.4. The van der Waals surface area contributed by atoms with E-state index in [1.165, 1.54) is 0 Å². The van der Waals surface area contributed by atoms with Crippen molar-refractivity contribution < 1.29 is 4.79 Å². The Hall–Kier alpha value is -2.62. The van der Waals surface area contributed by atoms with Crippen LogP contribution in [-0.2, 0) is 4.79 Å². The van der Waals surface area contributed by atoms with Gasteiger partial charge >= 0.3 is 0 Å². The van der Waals surface area contributed by atoms with Gasteiger partial charge in [0.15, 0.2) is 0 Å². The Kier molecular flexibility index (Phi) is 3.41. The molecule has 7 heteroatoms. The van der Waals surface area contributed by atoms with Crippen molar-refractivity contribution in [2.24, 2.45) is 0 Å². The third-order valence-corrected chi connectivity index (χ3v) is 5.18. The number of carbonyl (C=O) groups is 1. The molecule has 0 unspecified atom stereocenters. The predicted molar refractivity (Wildman–Crippen MR) is 89.4 cm³/mol. The molecule has 2 aromatic heterocycles. The molecule has 4 rings (SSSR count). The van der Waals surface area contributed by atoms with Crippen molar-refractivity contribution >= 4 is 22.8 Å². The van der Waals surface area contributed by atoms with Crippen LogP contribution in [0.4, 0.5) is 5.82 Å². The lowest BCUT2D eigenvalue weighted by Crippen LogP contribution is -2.57. The molecule has 1 saturated heterocycles. The van der Waals surface area contributed by atoms with Crippen LogP contribution in [0.3, 0.4) is 0 Å². The maximum atomic E-state index is 12.4. The number of hydrogen-bond acceptors (Lipinski definition) is 5. The number of fused-ring (bicyclic) bond motifs is 1. The number of aromatic nitrogens is 3. The second-order valence-corrected chi connectivity index (χ2v) is 6.74. The van der Waals surface area contributed by atoms with E-state index in [1.807, 2.05) is 11.1 Å². The van der Waals surface area contributed by atoms with Gasteiger partial charge < -0.3 is 14.8 Å². The van der Waals surface area contributed by atoms with Crippen molar-refractivity contribution in [3.8, 4) is 6.07 Å². The van der Waals surface area contributed by atoms with Gasteiger partial charge in [0, 0.05) is 38.7 Å². The smallest absolute Gasteiger partial charge is 0.224 e. The van der Waals surface area contributed by atoms with Crippen LogP contribution >= 0.6 is 0 Å². The number of aromatic amines is 1. The largest absolute Gasteiger partial charge is 0.352 e. The number of rotatable bonds is 3. The number of anilines is 1. The van der Waals surface area contributed by atoms with Crippen molar-refractivity contribution in [3.63, 3.8) is 0 Å². The number of nitriles is 1. The molecule has 0 aromatic carbocycles. The highest BCUT2D eigenvalue weighted by Gasteiger charge is 2.53. The molecule has 2 aliphatic rings. The van der Waals surface area contributed by atoms with E-state index in [9.17, 15) is 4.79 Å². The second-order valence-electron chi connectivity index (χ2n) is 6.74. The Morgan fingerprint density at radius 1 is 1.42 bits per heavy atom. The number of piperazine rings is 1. The van der Waals surface area contributed by atoms with Crippen LogP contribution < -0.4 is 4.90 Å². The Labute approximate surface area is 140 Å². The summed E-state index contributed by atoms with van der Waals surface area (Å²) < 4.78 is 0. The summed E-state index contributed by atoms with van der Waals surface area (Å²) in [5.74, 6) is 1.06. The summed E-state index contributed by atoms with van der Waals surface area (Å²) in [5.41, 5.74) is 1.93. The summed E-state index contributed by atoms with van der Waals surface area (Å²) in [4.78, 5) is 28.7. The second kappa shape index (κ2) is 5.48. The molecule has 0 bridgehead atoms. The molecule has 7 nitrogen and oxygen atoms in total. The Balaban J connectivity index is 1.59. The van der Waals surface area contributed by atoms with Crippen LogP contribution in [0, 0.1) is 18.3 Å². The zero-order chi connectivity index (χ0) is 16.7. The topological polar surface area (TPSA) is 88.9 Å². The molecule has 3 heterocycles. The normalized spacial score (nSPS) is 18.8. The van der Waals surface area contributed by atoms with Crippen molar-refractivity contribution in [2.75, 3.05) is 24.5 Å². The highest BCUT2D eigenvalue weighted by atomic mass is 16.2. The number of carbonyl (C=O) groups excluding carboxylic acids is 1. The lowest BCUT2D eigenvalue weighted by molar-refractivity contribution is -0.134. The highest BCUT2D eigenvalue weighted by molar-refractivity contribution is 5.90. The lowest BCUT2D eigenvalue weighted by Gasteiger charge is -2.43. The predicted octanol–water partition coefficient (Wildman–Crippen LogP) is 1.75. The van der Waals surface area contributed by atoms with E-state index in [0.29, 0.717) is 19.4 Å². The van der Waals surface area contributed by atoms with E-state index in [0.717, 1.165) is 48.3 Å². The van der Waals surface area contributed by atoms with Gasteiger partial charge in [-0.1, -0.05) is 0 Å². The summed E-state index contributed by atoms with van der Waals surface area (Å²) in [6.45, 7) is 4.32. The van der Waals surface area contributed by atoms with Crippen molar-refractivity contribution in [1.82, 2.24) is 19.9 Å². The Bertz CT molecular complexity index is 831. The van der Waals surface area contributed by atoms with Crippen molar-refractivity contribution in [3.05, 3.63) is 18.1 Å². The average molecular weight is 324 g/mol. The molecule has 1 aliphatic heterocycles. The van der Waals surface area contributed by atoms with Gasteiger partial charge in [-0.15, -0.1) is 0 Å². The minimum Gasteiger partial charge on any atom is -0.352 e. The maximum Gasteiger partial charge on any atom is 0.224 e. The molecule has 2 aromatic rings. The minimum absolute atomic E-state index is 0.0632. The van der Waals surface area contributed by atoms with Crippen LogP contribution in [0.5, 0.6) is 0 Å². The van der Waals surface area contributed by atoms with E-state index in [1.54, 1.807) is 6.33 Å². The minimum atomic E-state index is -0.0632. The molecule has 1 aliphatic carbocycles. The molecule has 2 fully saturated rings. The van der Waals surface area contributed by atoms with Gasteiger partial charge in [0.2, 0.25) is 5.91 Å². The van der Waals surface area contributed by atoms with E-state index in [-0.39, 0.29) is 11.4 Å². The molecule has 0 radical (unpaired) electrons. The first-order valence-electron chi connectivity index (χ1n) is 8.36. The summed E-state index contributed by atoms with van der Waals surface area (Å²) >= 11 is 0. The average Bonchev–Trinajstić information content (AvgIpc) is 3.25. The quantitative estimate of drug-likeness (QED) is 0.929. The van der Waals surface area contributed by atoms with Crippen molar-refractivity contribution in [1.29, 1.82) is 5.26 Å². The highest BCUT2D eigenvalue weighted by Crippen LogP contribution is 2.45. The molecule has 1 N–H and O–H groups in total. The van der Waals surface area contributed by atoms with Gasteiger partial charge in [0.1, 0.15) is 17.8 Å². The number of nitrogens with zero attached hydrogens (tertiary/aromatic N) is 5. The van der Waals surface area contributed by atoms with E-state index in [2.05, 4.69) is 32.8 Å². The third kappa shape index (κ3) is 2.30. The number of aryl methyl sites for hydroxylation is 1. The van der Waals surface area contributed by atoms with Crippen LogP contribution in [0.25, 0.3) is 11.0 Å². The van der Waals surface area contributed by atoms with E-state index >= 15 is 0 Å². The number of H-pyrrole nitrogens is 1. The van der Waals surface area contributed by atoms with Gasteiger partial charge in [0.05, 0.1) is 17.0 Å². The monoisotopic (exact) mass is 324 g/mol. The summed E-state index contributed by atoms with van der Waals surface area (Å²) in [6, 6.07) is 2.07. The standard InChI is InChI=1S/C17H20N6O/c1-12-9-19-15-14(12)16(21-11-20-15)22-7-8-23(13(24)3-2-6-18)17(10-22)4-5-17/h9,11H,2-5,7-8,10H2,1H3,(H,19,20,21). The fourth-order valence-electron chi connectivity index (χ4n) is 3.76. The summed E-state index contributed by atoms with van der Waals surface area (Å²) in [7, 11) is 0. The summed E-state index contributed by atoms with van der Waals surface area (Å²) in [6.07, 6.45) is 6.23. The van der Waals surface area contributed by atoms with Gasteiger partial charge in [-0.25, -0.2) is 9.97 Å². The van der Waals surface area contributed by atoms with Crippen LogP contribution in [-0.4, -0.2) is 50.9 Å².